The van der Waals surface area contributed by atoms with Gasteiger partial charge < -0.3 is 9.73 Å². The number of benzene rings is 1. The lowest BCUT2D eigenvalue weighted by Gasteiger charge is -2.37. The summed E-state index contributed by atoms with van der Waals surface area (Å²) in [6.07, 6.45) is 2.38. The van der Waals surface area contributed by atoms with E-state index in [1.165, 1.54) is 17.5 Å². The lowest BCUT2D eigenvalue weighted by atomic mass is 9.95. The van der Waals surface area contributed by atoms with Gasteiger partial charge in [0, 0.05) is 25.7 Å². The summed E-state index contributed by atoms with van der Waals surface area (Å²) in [4.78, 5) is 18.7. The predicted octanol–water partition coefficient (Wildman–Crippen LogP) is 2.80. The summed E-state index contributed by atoms with van der Waals surface area (Å²) in [6, 6.07) is 8.92. The molecule has 0 saturated carbocycles. The van der Waals surface area contributed by atoms with Gasteiger partial charge in [-0.1, -0.05) is 38.1 Å². The summed E-state index contributed by atoms with van der Waals surface area (Å²) < 4.78 is 5.17. The number of amides is 1. The number of nitrogens with one attached hydrogen (secondary N) is 1. The number of oxazole rings is 1. The molecule has 5 heteroatoms. The lowest BCUT2D eigenvalue weighted by molar-refractivity contribution is 0.0877. The molecule has 3 rings (SSSR count). The van der Waals surface area contributed by atoms with Crippen LogP contribution in [0.15, 0.2) is 35.1 Å². The van der Waals surface area contributed by atoms with Gasteiger partial charge in [-0.15, -0.1) is 0 Å². The van der Waals surface area contributed by atoms with Crippen molar-refractivity contribution in [1.29, 1.82) is 0 Å². The van der Waals surface area contributed by atoms with Gasteiger partial charge in [-0.2, -0.15) is 0 Å². The first-order valence-corrected chi connectivity index (χ1v) is 8.55. The third-order valence-corrected chi connectivity index (χ3v) is 4.82. The quantitative estimate of drug-likeness (QED) is 0.917. The Morgan fingerprint density at radius 1 is 1.33 bits per heavy atom. The Balaban J connectivity index is 1.65. The summed E-state index contributed by atoms with van der Waals surface area (Å²) in [7, 11) is 0. The molecule has 0 saturated heterocycles. The van der Waals surface area contributed by atoms with Gasteiger partial charge in [-0.3, -0.25) is 9.69 Å². The first-order valence-electron chi connectivity index (χ1n) is 8.55. The van der Waals surface area contributed by atoms with Crippen LogP contribution in [0.2, 0.25) is 0 Å². The average Bonchev–Trinajstić information content (AvgIpc) is 3.00. The van der Waals surface area contributed by atoms with Crippen molar-refractivity contribution in [1.82, 2.24) is 15.2 Å². The van der Waals surface area contributed by atoms with E-state index in [4.69, 9.17) is 4.42 Å². The highest BCUT2D eigenvalue weighted by molar-refractivity contribution is 5.92. The van der Waals surface area contributed by atoms with Crippen LogP contribution >= 0.6 is 0 Å². The summed E-state index contributed by atoms with van der Waals surface area (Å²) >= 11 is 0. The highest BCUT2D eigenvalue weighted by atomic mass is 16.3. The second-order valence-corrected chi connectivity index (χ2v) is 6.78. The molecule has 1 atom stereocenters. The number of hydrogen-bond donors (Lipinski definition) is 1. The van der Waals surface area contributed by atoms with Gasteiger partial charge in [0.05, 0.1) is 5.69 Å². The van der Waals surface area contributed by atoms with E-state index in [0.717, 1.165) is 19.5 Å². The fourth-order valence-electron chi connectivity index (χ4n) is 3.38. The third kappa shape index (κ3) is 3.51. The van der Waals surface area contributed by atoms with Crippen LogP contribution in [0.4, 0.5) is 0 Å². The van der Waals surface area contributed by atoms with Crippen molar-refractivity contribution in [3.8, 4) is 0 Å². The van der Waals surface area contributed by atoms with Crippen LogP contribution in [0, 0.1) is 12.8 Å². The van der Waals surface area contributed by atoms with Crippen LogP contribution < -0.4 is 5.32 Å². The molecule has 2 aromatic rings. The Morgan fingerprint density at radius 2 is 2.08 bits per heavy atom. The summed E-state index contributed by atoms with van der Waals surface area (Å²) in [5.74, 6) is 0.570. The summed E-state index contributed by atoms with van der Waals surface area (Å²) in [6.45, 7) is 8.76. The Bertz CT molecular complexity index is 708. The van der Waals surface area contributed by atoms with Gasteiger partial charge in [-0.05, 0) is 30.4 Å². The fraction of sp³-hybridized carbons (Fsp3) is 0.474. The van der Waals surface area contributed by atoms with Gasteiger partial charge in [-0.25, -0.2) is 4.98 Å². The molecular weight excluding hydrogens is 302 g/mol. The van der Waals surface area contributed by atoms with Crippen LogP contribution in [0.1, 0.15) is 41.2 Å². The molecule has 1 aliphatic heterocycles. The fourth-order valence-corrected chi connectivity index (χ4v) is 3.38. The van der Waals surface area contributed by atoms with E-state index in [1.54, 1.807) is 6.92 Å². The molecule has 0 bridgehead atoms. The molecule has 0 radical (unpaired) electrons. The molecule has 0 fully saturated rings. The number of rotatable bonds is 5. The van der Waals surface area contributed by atoms with Crippen LogP contribution in [-0.4, -0.2) is 34.9 Å². The first-order chi connectivity index (χ1) is 11.6. The van der Waals surface area contributed by atoms with E-state index in [2.05, 4.69) is 53.3 Å². The summed E-state index contributed by atoms with van der Waals surface area (Å²) in [5, 5.41) is 3.01. The Labute approximate surface area is 143 Å². The molecule has 5 nitrogen and oxygen atoms in total. The lowest BCUT2D eigenvalue weighted by Crippen LogP contribution is -2.48. The van der Waals surface area contributed by atoms with Gasteiger partial charge in [0.25, 0.3) is 5.91 Å². The van der Waals surface area contributed by atoms with Crippen molar-refractivity contribution in [2.75, 3.05) is 13.1 Å². The number of carbonyl (C=O) groups is 1. The number of aromatic nitrogens is 1. The normalized spacial score (nSPS) is 16.0. The monoisotopic (exact) mass is 327 g/mol. The molecule has 1 N–H and O–H groups in total. The molecule has 1 unspecified atom stereocenters. The molecule has 1 amide bonds. The van der Waals surface area contributed by atoms with Crippen LogP contribution in [-0.2, 0) is 13.0 Å². The number of hydrogen-bond acceptors (Lipinski definition) is 4. The zero-order chi connectivity index (χ0) is 17.1. The zero-order valence-electron chi connectivity index (χ0n) is 14.6. The van der Waals surface area contributed by atoms with Crippen molar-refractivity contribution in [3.05, 3.63) is 53.2 Å². The number of nitrogens with zero attached hydrogens (tertiary/aromatic N) is 2. The van der Waals surface area contributed by atoms with E-state index >= 15 is 0 Å². The van der Waals surface area contributed by atoms with Crippen molar-refractivity contribution < 1.29 is 9.21 Å². The predicted molar refractivity (Wildman–Crippen MR) is 92.8 cm³/mol. The third-order valence-electron chi connectivity index (χ3n) is 4.82. The maximum Gasteiger partial charge on any atom is 0.289 e. The molecule has 0 spiro atoms. The number of fused-ring (bicyclic) bond motifs is 1. The minimum atomic E-state index is -0.187. The maximum atomic E-state index is 12.3. The first kappa shape index (κ1) is 16.7. The second kappa shape index (κ2) is 7.18. The molecule has 1 aromatic carbocycles. The highest BCUT2D eigenvalue weighted by Crippen LogP contribution is 2.22. The van der Waals surface area contributed by atoms with Crippen molar-refractivity contribution in [3.63, 3.8) is 0 Å². The Kier molecular flexibility index (Phi) is 5.00. The second-order valence-electron chi connectivity index (χ2n) is 6.78. The van der Waals surface area contributed by atoms with Crippen LogP contribution in [0.3, 0.4) is 0 Å². The van der Waals surface area contributed by atoms with Crippen LogP contribution in [0.25, 0.3) is 0 Å². The molecule has 2 heterocycles. The van der Waals surface area contributed by atoms with Gasteiger partial charge in [0.15, 0.2) is 6.39 Å². The Hall–Kier alpha value is -2.14. The minimum absolute atomic E-state index is 0.187. The minimum Gasteiger partial charge on any atom is -0.438 e. The van der Waals surface area contributed by atoms with Crippen molar-refractivity contribution in [2.45, 2.75) is 39.8 Å². The molecule has 0 aliphatic carbocycles. The smallest absolute Gasteiger partial charge is 0.289 e. The van der Waals surface area contributed by atoms with E-state index < -0.39 is 0 Å². The highest BCUT2D eigenvalue weighted by Gasteiger charge is 2.26. The van der Waals surface area contributed by atoms with E-state index in [-0.39, 0.29) is 5.91 Å². The van der Waals surface area contributed by atoms with Gasteiger partial charge >= 0.3 is 0 Å². The van der Waals surface area contributed by atoms with Crippen molar-refractivity contribution >= 4 is 5.91 Å². The van der Waals surface area contributed by atoms with Crippen molar-refractivity contribution in [2.24, 2.45) is 5.92 Å². The Morgan fingerprint density at radius 3 is 2.75 bits per heavy atom. The topological polar surface area (TPSA) is 58.4 Å². The molecule has 24 heavy (non-hydrogen) atoms. The summed E-state index contributed by atoms with van der Waals surface area (Å²) in [5.41, 5.74) is 3.46. The zero-order valence-corrected chi connectivity index (χ0v) is 14.6. The standard InChI is InChI=1S/C19H25N3O2/c1-13(2)17(10-20-19(23)18-14(3)21-12-24-18)22-9-8-15-6-4-5-7-16(15)11-22/h4-7,12-13,17H,8-11H2,1-3H3,(H,20,23). The van der Waals surface area contributed by atoms with Gasteiger partial charge in [0.2, 0.25) is 5.76 Å². The van der Waals surface area contributed by atoms with E-state index in [9.17, 15) is 4.79 Å². The average molecular weight is 327 g/mol. The number of carbonyl (C=O) groups excluding carboxylic acids is 1. The number of aryl methyl sites for hydroxylation is 1. The SMILES string of the molecule is Cc1ncoc1C(=O)NCC(C(C)C)N1CCc2ccccc2C1. The van der Waals surface area contributed by atoms with Gasteiger partial charge in [0.1, 0.15) is 0 Å². The molecular formula is C19H25N3O2. The molecule has 1 aromatic heterocycles. The van der Waals surface area contributed by atoms with E-state index in [0.29, 0.717) is 30.0 Å². The van der Waals surface area contributed by atoms with Crippen LogP contribution in [0.5, 0.6) is 0 Å². The largest absolute Gasteiger partial charge is 0.438 e. The van der Waals surface area contributed by atoms with E-state index in [1.807, 2.05) is 0 Å². The maximum absolute atomic E-state index is 12.3. The molecule has 1 aliphatic rings. The molecule has 128 valence electrons.